The van der Waals surface area contributed by atoms with Gasteiger partial charge in [-0.3, -0.25) is 4.98 Å². The molecule has 0 atom stereocenters. The van der Waals surface area contributed by atoms with Gasteiger partial charge in [-0.1, -0.05) is 158 Å². The van der Waals surface area contributed by atoms with E-state index in [0.29, 0.717) is 0 Å². The molecule has 0 amide bonds. The molecule has 294 valence electrons. The molecule has 2 heterocycles. The molecule has 3 heteroatoms. The minimum Gasteiger partial charge on any atom is -0.310 e. The minimum absolute atomic E-state index is 0.435. The zero-order chi connectivity index (χ0) is 41.5. The van der Waals surface area contributed by atoms with Gasteiger partial charge in [-0.15, -0.1) is 0 Å². The van der Waals surface area contributed by atoms with Gasteiger partial charge in [0, 0.05) is 45.9 Å². The number of hydrogen-bond donors (Lipinski definition) is 0. The summed E-state index contributed by atoms with van der Waals surface area (Å²) >= 11 is 0. The molecule has 0 aliphatic heterocycles. The third kappa shape index (κ3) is 5.23. The van der Waals surface area contributed by atoms with Crippen molar-refractivity contribution < 1.29 is 0 Å². The Labute approximate surface area is 366 Å². The van der Waals surface area contributed by atoms with Gasteiger partial charge < -0.3 is 9.47 Å². The molecule has 3 nitrogen and oxygen atoms in total. The molecule has 0 radical (unpaired) electrons. The molecule has 2 aromatic heterocycles. The van der Waals surface area contributed by atoms with E-state index in [-0.39, 0.29) is 0 Å². The van der Waals surface area contributed by atoms with Gasteiger partial charge in [0.05, 0.1) is 16.4 Å². The van der Waals surface area contributed by atoms with E-state index in [0.717, 1.165) is 33.9 Å². The van der Waals surface area contributed by atoms with Crippen LogP contribution in [-0.2, 0) is 5.41 Å². The van der Waals surface area contributed by atoms with Gasteiger partial charge in [-0.2, -0.15) is 0 Å². The zero-order valence-corrected chi connectivity index (χ0v) is 34.4. The second-order valence-electron chi connectivity index (χ2n) is 16.7. The van der Waals surface area contributed by atoms with Crippen molar-refractivity contribution in [2.24, 2.45) is 0 Å². The highest BCUT2D eigenvalue weighted by Crippen LogP contribution is 2.63. The fourth-order valence-electron chi connectivity index (χ4n) is 10.8. The summed E-state index contributed by atoms with van der Waals surface area (Å²) in [4.78, 5) is 6.81. The summed E-state index contributed by atoms with van der Waals surface area (Å²) in [5.41, 5.74) is 21.5. The Hall–Kier alpha value is -8.27. The summed E-state index contributed by atoms with van der Waals surface area (Å²) in [7, 11) is 0. The van der Waals surface area contributed by atoms with E-state index in [1.165, 1.54) is 77.4 Å². The van der Waals surface area contributed by atoms with Gasteiger partial charge in [0.25, 0.3) is 0 Å². The van der Waals surface area contributed by atoms with Crippen LogP contribution in [0.15, 0.2) is 237 Å². The molecular weight excluding hydrogens is 763 g/mol. The highest BCUT2D eigenvalue weighted by molar-refractivity contribution is 6.10. The standard InChI is InChI=1S/C60H39N3/c1-2-14-44(15-3-1)63-58-23-11-7-19-52(58)53-34-28-42(37-59(53)63)40-24-29-45(30-25-40)62(46-31-26-41(27-32-46)43-13-12-36-61-39-43)47-33-35-51-50-18-6-10-22-56(50)60(57(51)38-47)54-20-8-4-16-48(54)49-17-5-9-21-55(49)60/h1-39H. The molecule has 0 saturated carbocycles. The van der Waals surface area contributed by atoms with E-state index >= 15 is 0 Å². The van der Waals surface area contributed by atoms with Crippen molar-refractivity contribution in [3.05, 3.63) is 259 Å². The van der Waals surface area contributed by atoms with Crippen LogP contribution in [0, 0.1) is 0 Å². The molecule has 0 saturated heterocycles. The van der Waals surface area contributed by atoms with Crippen LogP contribution in [0.2, 0.25) is 0 Å². The topological polar surface area (TPSA) is 21.1 Å². The van der Waals surface area contributed by atoms with Crippen LogP contribution >= 0.6 is 0 Å². The van der Waals surface area contributed by atoms with E-state index in [1.54, 1.807) is 0 Å². The maximum Gasteiger partial charge on any atom is 0.0726 e. The van der Waals surface area contributed by atoms with E-state index in [4.69, 9.17) is 0 Å². The number of aromatic nitrogens is 2. The van der Waals surface area contributed by atoms with E-state index in [1.807, 2.05) is 18.5 Å². The lowest BCUT2D eigenvalue weighted by molar-refractivity contribution is 0.793. The van der Waals surface area contributed by atoms with E-state index in [2.05, 4.69) is 233 Å². The van der Waals surface area contributed by atoms with Crippen molar-refractivity contribution in [1.29, 1.82) is 0 Å². The van der Waals surface area contributed by atoms with Gasteiger partial charge in [0.15, 0.2) is 0 Å². The highest BCUT2D eigenvalue weighted by Gasteiger charge is 2.51. The lowest BCUT2D eigenvalue weighted by Gasteiger charge is -2.32. The molecule has 0 N–H and O–H groups in total. The van der Waals surface area contributed by atoms with Crippen molar-refractivity contribution in [2.45, 2.75) is 5.41 Å². The van der Waals surface area contributed by atoms with Crippen molar-refractivity contribution in [3.63, 3.8) is 0 Å². The van der Waals surface area contributed by atoms with Crippen LogP contribution in [0.5, 0.6) is 0 Å². The van der Waals surface area contributed by atoms with E-state index < -0.39 is 5.41 Å². The normalized spacial score (nSPS) is 12.9. The van der Waals surface area contributed by atoms with Gasteiger partial charge >= 0.3 is 0 Å². The van der Waals surface area contributed by atoms with Gasteiger partial charge in [0.1, 0.15) is 0 Å². The number of anilines is 3. The summed E-state index contributed by atoms with van der Waals surface area (Å²) < 4.78 is 2.39. The Kier molecular flexibility index (Phi) is 7.82. The number of hydrogen-bond acceptors (Lipinski definition) is 2. The summed E-state index contributed by atoms with van der Waals surface area (Å²) in [6.45, 7) is 0. The first-order valence-electron chi connectivity index (χ1n) is 21.7. The second-order valence-corrected chi connectivity index (χ2v) is 16.7. The van der Waals surface area contributed by atoms with Gasteiger partial charge in [0.2, 0.25) is 0 Å². The van der Waals surface area contributed by atoms with Crippen LogP contribution < -0.4 is 4.90 Å². The summed E-state index contributed by atoms with van der Waals surface area (Å²) in [5, 5.41) is 2.51. The molecular formula is C60H39N3. The minimum atomic E-state index is -0.435. The molecule has 2 aliphatic rings. The van der Waals surface area contributed by atoms with Crippen LogP contribution in [-0.4, -0.2) is 9.55 Å². The van der Waals surface area contributed by atoms with Gasteiger partial charge in [-0.25, -0.2) is 0 Å². The maximum atomic E-state index is 4.40. The smallest absolute Gasteiger partial charge is 0.0726 e. The van der Waals surface area contributed by atoms with Crippen molar-refractivity contribution in [1.82, 2.24) is 9.55 Å². The average molecular weight is 802 g/mol. The van der Waals surface area contributed by atoms with Crippen molar-refractivity contribution in [3.8, 4) is 50.2 Å². The third-order valence-electron chi connectivity index (χ3n) is 13.5. The Balaban J connectivity index is 0.976. The lowest BCUT2D eigenvalue weighted by atomic mass is 9.70. The Morgan fingerprint density at radius 2 is 0.873 bits per heavy atom. The van der Waals surface area contributed by atoms with Crippen LogP contribution in [0.3, 0.4) is 0 Å². The predicted molar refractivity (Wildman–Crippen MR) is 260 cm³/mol. The molecule has 9 aromatic carbocycles. The van der Waals surface area contributed by atoms with Crippen LogP contribution in [0.25, 0.3) is 72.0 Å². The maximum absolute atomic E-state index is 4.40. The van der Waals surface area contributed by atoms with Crippen LogP contribution in [0.1, 0.15) is 22.3 Å². The number of nitrogens with zero attached hydrogens (tertiary/aromatic N) is 3. The lowest BCUT2D eigenvalue weighted by Crippen LogP contribution is -2.26. The SMILES string of the molecule is c1ccc(-n2c3ccccc3c3ccc(-c4ccc(N(c5ccc(-c6cccnc6)cc5)c5ccc6c(c5)C5(c7ccccc7-c7ccccc75)c5ccccc5-6)cc4)cc32)cc1. The van der Waals surface area contributed by atoms with Crippen molar-refractivity contribution in [2.75, 3.05) is 4.90 Å². The average Bonchev–Trinajstić information content (AvgIpc) is 3.96. The molecule has 63 heavy (non-hydrogen) atoms. The zero-order valence-electron chi connectivity index (χ0n) is 34.4. The number of para-hydroxylation sites is 2. The first-order valence-corrected chi connectivity index (χ1v) is 21.7. The molecule has 0 unspecified atom stereocenters. The first-order chi connectivity index (χ1) is 31.3. The molecule has 2 aliphatic carbocycles. The number of pyridine rings is 1. The van der Waals surface area contributed by atoms with Crippen LogP contribution in [0.4, 0.5) is 17.1 Å². The van der Waals surface area contributed by atoms with Gasteiger partial charge in [-0.05, 0) is 133 Å². The number of benzene rings is 9. The number of rotatable bonds is 6. The summed E-state index contributed by atoms with van der Waals surface area (Å²) in [6, 6.07) is 82.6. The largest absolute Gasteiger partial charge is 0.310 e. The molecule has 0 fully saturated rings. The Bertz CT molecular complexity index is 3490. The number of fused-ring (bicyclic) bond motifs is 13. The Morgan fingerprint density at radius 1 is 0.349 bits per heavy atom. The predicted octanol–water partition coefficient (Wildman–Crippen LogP) is 15.3. The third-order valence-corrected chi connectivity index (χ3v) is 13.5. The molecule has 0 bridgehead atoms. The highest BCUT2D eigenvalue weighted by atomic mass is 15.1. The Morgan fingerprint density at radius 3 is 1.51 bits per heavy atom. The monoisotopic (exact) mass is 801 g/mol. The first kappa shape index (κ1) is 35.5. The molecule has 1 spiro atoms. The molecule has 11 aromatic rings. The van der Waals surface area contributed by atoms with E-state index in [9.17, 15) is 0 Å². The second kappa shape index (κ2) is 13.9. The molecule has 13 rings (SSSR count). The fourth-order valence-corrected chi connectivity index (χ4v) is 10.8. The quantitative estimate of drug-likeness (QED) is 0.167. The summed E-state index contributed by atoms with van der Waals surface area (Å²) in [6.07, 6.45) is 3.75. The summed E-state index contributed by atoms with van der Waals surface area (Å²) in [5.74, 6) is 0. The van der Waals surface area contributed by atoms with Crippen molar-refractivity contribution >= 4 is 38.9 Å². The fraction of sp³-hybridized carbons (Fsp3) is 0.0167.